The Morgan fingerprint density at radius 3 is 2.87 bits per heavy atom. The predicted molar refractivity (Wildman–Crippen MR) is 61.8 cm³/mol. The van der Waals surface area contributed by atoms with Crippen molar-refractivity contribution >= 4 is 5.91 Å². The molecule has 0 aromatic rings. The third-order valence-electron chi connectivity index (χ3n) is 2.70. The van der Waals surface area contributed by atoms with Crippen LogP contribution in [-0.4, -0.2) is 50.6 Å². The molecule has 15 heavy (non-hydrogen) atoms. The second-order valence-electron chi connectivity index (χ2n) is 4.72. The van der Waals surface area contributed by atoms with E-state index < -0.39 is 0 Å². The fourth-order valence-electron chi connectivity index (χ4n) is 2.03. The Hall–Kier alpha value is -0.610. The van der Waals surface area contributed by atoms with E-state index in [1.807, 2.05) is 21.0 Å². The fraction of sp³-hybridized carbons (Fsp3) is 0.909. The van der Waals surface area contributed by atoms with Crippen LogP contribution in [0.4, 0.5) is 0 Å². The number of carbonyl (C=O) groups is 1. The van der Waals surface area contributed by atoms with Gasteiger partial charge in [0.2, 0.25) is 5.91 Å². The lowest BCUT2D eigenvalue weighted by Gasteiger charge is -2.25. The Kier molecular flexibility index (Phi) is 5.05. The predicted octanol–water partition coefficient (Wildman–Crippen LogP) is 0.0523. The summed E-state index contributed by atoms with van der Waals surface area (Å²) in [4.78, 5) is 13.9. The first-order valence-corrected chi connectivity index (χ1v) is 5.75. The summed E-state index contributed by atoms with van der Waals surface area (Å²) in [6.07, 6.45) is 2.13. The normalized spacial score (nSPS) is 23.9. The maximum atomic E-state index is 11.8. The first-order valence-electron chi connectivity index (χ1n) is 5.75. The molecule has 0 bridgehead atoms. The molecular formula is C11H23N3O. The SMILES string of the molecule is CC(CN(C)C)NC(=O)[C@H]1CCCNC1. The molecule has 0 radical (unpaired) electrons. The standard InChI is InChI=1S/C11H23N3O/c1-9(8-14(2)3)13-11(15)10-5-4-6-12-7-10/h9-10,12H,4-8H2,1-3H3,(H,13,15)/t9?,10-/m0/s1. The second-order valence-corrected chi connectivity index (χ2v) is 4.72. The minimum atomic E-state index is 0.170. The lowest BCUT2D eigenvalue weighted by Crippen LogP contribution is -2.46. The number of rotatable bonds is 4. The summed E-state index contributed by atoms with van der Waals surface area (Å²) in [7, 11) is 4.04. The molecule has 1 heterocycles. The van der Waals surface area contributed by atoms with Gasteiger partial charge in [-0.1, -0.05) is 0 Å². The van der Waals surface area contributed by atoms with Gasteiger partial charge in [-0.05, 0) is 40.4 Å². The van der Waals surface area contributed by atoms with E-state index in [9.17, 15) is 4.79 Å². The van der Waals surface area contributed by atoms with Crippen molar-refractivity contribution in [2.75, 3.05) is 33.7 Å². The monoisotopic (exact) mass is 213 g/mol. The van der Waals surface area contributed by atoms with Crippen LogP contribution in [0.2, 0.25) is 0 Å². The van der Waals surface area contributed by atoms with E-state index >= 15 is 0 Å². The van der Waals surface area contributed by atoms with Crippen LogP contribution < -0.4 is 10.6 Å². The van der Waals surface area contributed by atoms with Crippen molar-refractivity contribution in [3.63, 3.8) is 0 Å². The van der Waals surface area contributed by atoms with Crippen molar-refractivity contribution in [2.45, 2.75) is 25.8 Å². The summed E-state index contributed by atoms with van der Waals surface area (Å²) in [5, 5.41) is 6.32. The molecule has 0 aromatic carbocycles. The number of hydrogen-bond acceptors (Lipinski definition) is 3. The molecule has 1 rings (SSSR count). The molecule has 1 aliphatic heterocycles. The van der Waals surface area contributed by atoms with Crippen LogP contribution in [0.5, 0.6) is 0 Å². The van der Waals surface area contributed by atoms with Gasteiger partial charge in [-0.3, -0.25) is 4.79 Å². The highest BCUT2D eigenvalue weighted by Crippen LogP contribution is 2.09. The zero-order valence-corrected chi connectivity index (χ0v) is 10.0. The van der Waals surface area contributed by atoms with Crippen molar-refractivity contribution in [2.24, 2.45) is 5.92 Å². The lowest BCUT2D eigenvalue weighted by molar-refractivity contribution is -0.126. The average molecular weight is 213 g/mol. The molecule has 0 aromatic heterocycles. The summed E-state index contributed by atoms with van der Waals surface area (Å²) in [5.41, 5.74) is 0. The maximum absolute atomic E-state index is 11.8. The van der Waals surface area contributed by atoms with Gasteiger partial charge in [-0.25, -0.2) is 0 Å². The van der Waals surface area contributed by atoms with Crippen LogP contribution in [0.1, 0.15) is 19.8 Å². The minimum absolute atomic E-state index is 0.170. The molecule has 1 unspecified atom stereocenters. The summed E-state index contributed by atoms with van der Waals surface area (Å²) in [6, 6.07) is 0.231. The summed E-state index contributed by atoms with van der Waals surface area (Å²) >= 11 is 0. The van der Waals surface area contributed by atoms with Crippen molar-refractivity contribution in [1.29, 1.82) is 0 Å². The van der Waals surface area contributed by atoms with E-state index in [0.717, 1.165) is 32.5 Å². The van der Waals surface area contributed by atoms with Crippen LogP contribution in [0, 0.1) is 5.92 Å². The fourth-order valence-corrected chi connectivity index (χ4v) is 2.03. The van der Waals surface area contributed by atoms with E-state index in [0.29, 0.717) is 0 Å². The third-order valence-corrected chi connectivity index (χ3v) is 2.70. The van der Waals surface area contributed by atoms with Gasteiger partial charge in [0.1, 0.15) is 0 Å². The molecule has 1 aliphatic rings. The first-order chi connectivity index (χ1) is 7.09. The highest BCUT2D eigenvalue weighted by Gasteiger charge is 2.21. The van der Waals surface area contributed by atoms with E-state index in [1.54, 1.807) is 0 Å². The maximum Gasteiger partial charge on any atom is 0.224 e. The molecule has 88 valence electrons. The summed E-state index contributed by atoms with van der Waals surface area (Å²) in [6.45, 7) is 4.83. The summed E-state index contributed by atoms with van der Waals surface area (Å²) < 4.78 is 0. The van der Waals surface area contributed by atoms with E-state index in [-0.39, 0.29) is 17.9 Å². The highest BCUT2D eigenvalue weighted by atomic mass is 16.2. The Bertz CT molecular complexity index is 200. The molecule has 2 atom stereocenters. The van der Waals surface area contributed by atoms with E-state index in [2.05, 4.69) is 15.5 Å². The zero-order valence-electron chi connectivity index (χ0n) is 10.0. The first kappa shape index (κ1) is 12.5. The summed E-state index contributed by atoms with van der Waals surface area (Å²) in [5.74, 6) is 0.375. The molecule has 4 heteroatoms. The van der Waals surface area contributed by atoms with Gasteiger partial charge >= 0.3 is 0 Å². The van der Waals surface area contributed by atoms with Crippen LogP contribution in [0.15, 0.2) is 0 Å². The molecule has 4 nitrogen and oxygen atoms in total. The van der Waals surface area contributed by atoms with E-state index in [4.69, 9.17) is 0 Å². The van der Waals surface area contributed by atoms with Crippen LogP contribution in [0.25, 0.3) is 0 Å². The van der Waals surface area contributed by atoms with Crippen LogP contribution >= 0.6 is 0 Å². The van der Waals surface area contributed by atoms with Gasteiger partial charge in [0.15, 0.2) is 0 Å². The van der Waals surface area contributed by atoms with Crippen LogP contribution in [0.3, 0.4) is 0 Å². The van der Waals surface area contributed by atoms with E-state index in [1.165, 1.54) is 0 Å². The lowest BCUT2D eigenvalue weighted by atomic mass is 9.98. The number of carbonyl (C=O) groups excluding carboxylic acids is 1. The molecule has 0 aliphatic carbocycles. The Morgan fingerprint density at radius 2 is 2.33 bits per heavy atom. The zero-order chi connectivity index (χ0) is 11.3. The molecule has 1 amide bonds. The topological polar surface area (TPSA) is 44.4 Å². The number of nitrogens with zero attached hydrogens (tertiary/aromatic N) is 1. The minimum Gasteiger partial charge on any atom is -0.352 e. The highest BCUT2D eigenvalue weighted by molar-refractivity contribution is 5.79. The van der Waals surface area contributed by atoms with Gasteiger partial charge in [-0.2, -0.15) is 0 Å². The number of hydrogen-bond donors (Lipinski definition) is 2. The van der Waals surface area contributed by atoms with Crippen molar-refractivity contribution in [3.05, 3.63) is 0 Å². The van der Waals surface area contributed by atoms with Gasteiger partial charge < -0.3 is 15.5 Å². The molecule has 1 saturated heterocycles. The van der Waals surface area contributed by atoms with Gasteiger partial charge in [0.05, 0.1) is 5.92 Å². The quantitative estimate of drug-likeness (QED) is 0.694. The van der Waals surface area contributed by atoms with Gasteiger partial charge in [-0.15, -0.1) is 0 Å². The third kappa shape index (κ3) is 4.62. The van der Waals surface area contributed by atoms with Crippen LogP contribution in [-0.2, 0) is 4.79 Å². The van der Waals surface area contributed by atoms with Crippen molar-refractivity contribution in [3.8, 4) is 0 Å². The molecule has 0 saturated carbocycles. The smallest absolute Gasteiger partial charge is 0.224 e. The molecule has 1 fully saturated rings. The number of piperidine rings is 1. The van der Waals surface area contributed by atoms with Gasteiger partial charge in [0.25, 0.3) is 0 Å². The number of nitrogens with one attached hydrogen (secondary N) is 2. The number of amides is 1. The second kappa shape index (κ2) is 6.08. The Morgan fingerprint density at radius 1 is 1.60 bits per heavy atom. The molecule has 0 spiro atoms. The molecular weight excluding hydrogens is 190 g/mol. The van der Waals surface area contributed by atoms with Gasteiger partial charge in [0, 0.05) is 19.1 Å². The Labute approximate surface area is 92.4 Å². The Balaban J connectivity index is 2.27. The molecule has 2 N–H and O–H groups in total. The average Bonchev–Trinajstić information content (AvgIpc) is 2.17. The van der Waals surface area contributed by atoms with Crippen molar-refractivity contribution in [1.82, 2.24) is 15.5 Å². The number of likely N-dealkylation sites (N-methyl/N-ethyl adjacent to an activating group) is 1. The largest absolute Gasteiger partial charge is 0.352 e. The van der Waals surface area contributed by atoms with Crippen molar-refractivity contribution < 1.29 is 4.79 Å².